The van der Waals surface area contributed by atoms with Crippen LogP contribution in [0, 0.1) is 0 Å². The highest BCUT2D eigenvalue weighted by Crippen LogP contribution is 2.52. The smallest absolute Gasteiger partial charge is 0.145 e. The number of para-hydroxylation sites is 9. The Balaban J connectivity index is 0.0000000882. The Kier molecular flexibility index (Phi) is 9.20. The first-order chi connectivity index (χ1) is 49.1. The summed E-state index contributed by atoms with van der Waals surface area (Å²) < 4.78 is 45.3. The molecule has 9 heteroatoms. The van der Waals surface area contributed by atoms with E-state index in [4.69, 9.17) is 26.5 Å². The van der Waals surface area contributed by atoms with Crippen molar-refractivity contribution in [2.75, 3.05) is 0 Å². The third kappa shape index (κ3) is 6.33. The van der Waals surface area contributed by atoms with E-state index in [1.54, 1.807) is 0 Å². The average molecular weight is 1260 g/mol. The summed E-state index contributed by atoms with van der Waals surface area (Å²) in [4.78, 5) is 0. The molecule has 0 saturated heterocycles. The molecule has 0 saturated carbocycles. The van der Waals surface area contributed by atoms with Gasteiger partial charge >= 0.3 is 0 Å². The van der Waals surface area contributed by atoms with E-state index in [2.05, 4.69) is 232 Å². The lowest BCUT2D eigenvalue weighted by Gasteiger charge is -1.99. The minimum absolute atomic E-state index is 0.909. The topological polar surface area (TPSA) is 92.1 Å². The predicted molar refractivity (Wildman–Crippen MR) is 407 cm³/mol. The van der Waals surface area contributed by atoms with Gasteiger partial charge in [0.05, 0.1) is 55.0 Å². The highest BCUT2D eigenvalue weighted by atomic mass is 16.3. The number of hydrogen-bond donors (Lipinski definition) is 0. The Morgan fingerprint density at radius 2 is 0.444 bits per heavy atom. The lowest BCUT2D eigenvalue weighted by Crippen LogP contribution is -1.79. The fourth-order valence-corrected chi connectivity index (χ4v) is 17.9. The van der Waals surface area contributed by atoms with Gasteiger partial charge in [0.1, 0.15) is 67.0 Å². The Labute approximate surface area is 555 Å². The number of furan rings is 6. The fraction of sp³-hybridized carbons (Fsp3) is 0. The SMILES string of the molecule is c1ccc2c(c1)oc1cc3c4c5c(cc6c7ccccc7n(c3cc12)c64)oc1ccccc15.c1ccc2c(c1)oc1cc3c4c5oc6ccccc6c5cc5c6ccccc6n(c3cc12)c54.c1ccc2c(c1)oc1cc3c4cc5oc6ccccc6c5c5c6ccccc6n(c3cc12)c45. The van der Waals surface area contributed by atoms with E-state index in [0.29, 0.717) is 0 Å². The summed E-state index contributed by atoms with van der Waals surface area (Å²) in [6.07, 6.45) is 0. The van der Waals surface area contributed by atoms with Crippen LogP contribution < -0.4 is 0 Å². The number of nitrogens with zero attached hydrogens (tertiary/aromatic N) is 3. The fourth-order valence-electron chi connectivity index (χ4n) is 17.9. The van der Waals surface area contributed by atoms with E-state index in [9.17, 15) is 0 Å². The molecular formula is C90H45N3O6. The molecule has 0 radical (unpaired) electrons. The van der Waals surface area contributed by atoms with Gasteiger partial charge in [-0.25, -0.2) is 0 Å². The zero-order valence-corrected chi connectivity index (χ0v) is 52.3. The van der Waals surface area contributed by atoms with Gasteiger partial charge in [-0.05, 0) is 109 Å². The Morgan fingerprint density at radius 3 is 0.919 bits per heavy atom. The standard InChI is InChI=1S/3C30H15NO2/c1-4-10-22-17(8-1)29-28-18-9-3-6-12-25(18)33-27(28)15-21-19-14-26-20(13-23(19)31(22)30(21)29)16-7-2-5-11-24(16)32-26;1-4-10-23-16(7-1)20-13-21-18-9-3-6-12-26(18)33-30(21)28-22-15-27-19(14-24(22)31(23)29(20)28)17-8-2-5-11-25(17)32-27;1-4-10-22-16(7-1)20-14-27-28(18-9-3-6-12-25(18)33-27)29-21-15-26-19(13-23(21)31(22)30(20)29)17-8-2-5-11-24(17)32-26/h3*1-15H. The molecule has 0 spiro atoms. The van der Waals surface area contributed by atoms with Crippen molar-refractivity contribution >= 4 is 246 Å². The van der Waals surface area contributed by atoms with Gasteiger partial charge in [-0.15, -0.1) is 0 Å². The van der Waals surface area contributed by atoms with Crippen LogP contribution >= 0.6 is 0 Å². The number of aromatic nitrogens is 3. The van der Waals surface area contributed by atoms with E-state index < -0.39 is 0 Å². The highest BCUT2D eigenvalue weighted by molar-refractivity contribution is 6.39. The van der Waals surface area contributed by atoms with Gasteiger partial charge < -0.3 is 39.7 Å². The molecule has 15 aromatic carbocycles. The van der Waals surface area contributed by atoms with Crippen molar-refractivity contribution in [3.05, 3.63) is 273 Å². The Hall–Kier alpha value is -13.5. The van der Waals surface area contributed by atoms with E-state index >= 15 is 0 Å². The van der Waals surface area contributed by atoms with Crippen molar-refractivity contribution in [2.24, 2.45) is 0 Å². The van der Waals surface area contributed by atoms with Crippen LogP contribution in [0.4, 0.5) is 0 Å². The molecule has 0 bridgehead atoms. The van der Waals surface area contributed by atoms with Crippen LogP contribution in [-0.2, 0) is 0 Å². The Morgan fingerprint density at radius 1 is 0.152 bits per heavy atom. The maximum Gasteiger partial charge on any atom is 0.145 e. The molecule has 0 aliphatic carbocycles. The van der Waals surface area contributed by atoms with Crippen molar-refractivity contribution in [2.45, 2.75) is 0 Å². The monoisotopic (exact) mass is 1260 g/mol. The molecule has 0 aliphatic rings. The van der Waals surface area contributed by atoms with E-state index in [-0.39, 0.29) is 0 Å². The predicted octanol–water partition coefficient (Wildman–Crippen LogP) is 25.9. The van der Waals surface area contributed by atoms with Crippen molar-refractivity contribution in [3.63, 3.8) is 0 Å². The first-order valence-electron chi connectivity index (χ1n) is 33.6. The van der Waals surface area contributed by atoms with Crippen LogP contribution in [0.3, 0.4) is 0 Å². The number of rotatable bonds is 0. The number of benzene rings is 15. The molecule has 0 atom stereocenters. The summed E-state index contributed by atoms with van der Waals surface area (Å²) in [6, 6.07) is 96.1. The first kappa shape index (κ1) is 50.9. The number of hydrogen-bond acceptors (Lipinski definition) is 6. The summed E-state index contributed by atoms with van der Waals surface area (Å²) >= 11 is 0. The lowest BCUT2D eigenvalue weighted by atomic mass is 10.0. The summed E-state index contributed by atoms with van der Waals surface area (Å²) in [5, 5.41) is 28.6. The van der Waals surface area contributed by atoms with Crippen LogP contribution in [0.25, 0.3) is 246 Å². The maximum absolute atomic E-state index is 6.50. The summed E-state index contributed by atoms with van der Waals surface area (Å²) in [7, 11) is 0. The molecule has 0 fully saturated rings. The van der Waals surface area contributed by atoms with Crippen molar-refractivity contribution in [1.82, 2.24) is 13.2 Å². The molecule has 27 rings (SSSR count). The van der Waals surface area contributed by atoms with Crippen molar-refractivity contribution in [3.8, 4) is 0 Å². The largest absolute Gasteiger partial charge is 0.456 e. The van der Waals surface area contributed by atoms with Gasteiger partial charge in [0.15, 0.2) is 0 Å². The first-order valence-corrected chi connectivity index (χ1v) is 33.6. The zero-order chi connectivity index (χ0) is 63.8. The molecular weight excluding hydrogens is 1220 g/mol. The van der Waals surface area contributed by atoms with Crippen LogP contribution in [0.5, 0.6) is 0 Å². The molecule has 12 heterocycles. The summed E-state index contributed by atoms with van der Waals surface area (Å²) in [5.74, 6) is 0. The lowest BCUT2D eigenvalue weighted by molar-refractivity contribution is 0.669. The minimum Gasteiger partial charge on any atom is -0.456 e. The maximum atomic E-state index is 6.50. The molecule has 0 unspecified atom stereocenters. The van der Waals surface area contributed by atoms with Gasteiger partial charge in [0, 0.05) is 124 Å². The van der Waals surface area contributed by atoms with Gasteiger partial charge in [-0.2, -0.15) is 0 Å². The third-order valence-electron chi connectivity index (χ3n) is 21.9. The zero-order valence-electron chi connectivity index (χ0n) is 52.3. The van der Waals surface area contributed by atoms with Crippen LogP contribution in [0.1, 0.15) is 0 Å². The molecule has 99 heavy (non-hydrogen) atoms. The second kappa shape index (κ2) is 17.9. The molecule has 0 aliphatic heterocycles. The highest BCUT2D eigenvalue weighted by Gasteiger charge is 2.28. The van der Waals surface area contributed by atoms with Crippen LogP contribution in [0.15, 0.2) is 299 Å². The van der Waals surface area contributed by atoms with E-state index in [0.717, 1.165) is 132 Å². The molecule has 9 nitrogen and oxygen atoms in total. The Bertz CT molecular complexity index is 8240. The molecule has 456 valence electrons. The van der Waals surface area contributed by atoms with Gasteiger partial charge in [-0.1, -0.05) is 164 Å². The van der Waals surface area contributed by atoms with Gasteiger partial charge in [0.25, 0.3) is 0 Å². The quantitative estimate of drug-likeness (QED) is 0.150. The summed E-state index contributed by atoms with van der Waals surface area (Å²) in [5.41, 5.74) is 22.1. The van der Waals surface area contributed by atoms with Gasteiger partial charge in [-0.3, -0.25) is 0 Å². The van der Waals surface area contributed by atoms with E-state index in [1.807, 2.05) is 54.6 Å². The summed E-state index contributed by atoms with van der Waals surface area (Å²) in [6.45, 7) is 0. The van der Waals surface area contributed by atoms with Crippen molar-refractivity contribution < 1.29 is 26.5 Å². The van der Waals surface area contributed by atoms with Crippen molar-refractivity contribution in [1.29, 1.82) is 0 Å². The molecule has 0 N–H and O–H groups in total. The molecule has 12 aromatic heterocycles. The second-order valence-electron chi connectivity index (χ2n) is 26.8. The number of fused-ring (bicyclic) bond motifs is 39. The van der Waals surface area contributed by atoms with Gasteiger partial charge in [0.2, 0.25) is 0 Å². The molecule has 0 amide bonds. The van der Waals surface area contributed by atoms with Crippen LogP contribution in [0.2, 0.25) is 0 Å². The third-order valence-corrected chi connectivity index (χ3v) is 21.9. The van der Waals surface area contributed by atoms with E-state index in [1.165, 1.54) is 114 Å². The molecule has 27 aromatic rings. The normalized spacial score (nSPS) is 12.8. The average Bonchev–Trinajstić information content (AvgIpc) is 1.53. The second-order valence-corrected chi connectivity index (χ2v) is 26.8. The van der Waals surface area contributed by atoms with Crippen LogP contribution in [-0.4, -0.2) is 13.2 Å². The minimum atomic E-state index is 0.909.